The maximum Gasteiger partial charge on any atom is 0.408 e. The van der Waals surface area contributed by atoms with Crippen molar-refractivity contribution in [3.8, 4) is 0 Å². The number of nitrogens with one attached hydrogen (secondary N) is 5. The van der Waals surface area contributed by atoms with Crippen molar-refractivity contribution in [2.75, 3.05) is 13.1 Å². The molecule has 0 aromatic heterocycles. The number of hydrazine groups is 1. The van der Waals surface area contributed by atoms with Gasteiger partial charge in [-0.15, -0.1) is 0 Å². The van der Waals surface area contributed by atoms with E-state index in [4.69, 9.17) is 19.9 Å². The highest BCUT2D eigenvalue weighted by atomic mass is 16.7. The minimum absolute atomic E-state index is 0.0516. The Morgan fingerprint density at radius 1 is 0.661 bits per heavy atom. The summed E-state index contributed by atoms with van der Waals surface area (Å²) in [6.45, 7) is -0.164. The molecule has 0 fully saturated rings. The Bertz CT molecular complexity index is 1850. The highest BCUT2D eigenvalue weighted by Gasteiger charge is 2.31. The summed E-state index contributed by atoms with van der Waals surface area (Å²) in [6.07, 6.45) is -1.94. The van der Waals surface area contributed by atoms with Crippen LogP contribution in [0.1, 0.15) is 55.2 Å². The third-order valence-corrected chi connectivity index (χ3v) is 8.22. The number of amides is 4. The zero-order chi connectivity index (χ0) is 42.8. The zero-order valence-electron chi connectivity index (χ0n) is 32.1. The van der Waals surface area contributed by atoms with Crippen molar-refractivity contribution in [3.63, 3.8) is 0 Å². The number of hydrogen-bond acceptors (Lipinski definition) is 12. The van der Waals surface area contributed by atoms with Gasteiger partial charge < -0.3 is 46.3 Å². The van der Waals surface area contributed by atoms with Gasteiger partial charge in [0.05, 0.1) is 6.42 Å². The summed E-state index contributed by atoms with van der Waals surface area (Å²) in [5.74, 6) is -4.74. The second-order valence-electron chi connectivity index (χ2n) is 12.8. The fraction of sp³-hybridized carbons (Fsp3) is 0.359. The van der Waals surface area contributed by atoms with E-state index in [0.29, 0.717) is 17.5 Å². The van der Waals surface area contributed by atoms with Crippen LogP contribution in [-0.2, 0) is 53.2 Å². The Labute approximate surface area is 339 Å². The number of rotatable bonds is 24. The van der Waals surface area contributed by atoms with Crippen LogP contribution in [0.15, 0.2) is 96.0 Å². The Morgan fingerprint density at radius 3 is 1.66 bits per heavy atom. The number of hydrogen-bond donors (Lipinski definition) is 7. The molecule has 3 atom stereocenters. The number of nitro groups is 1. The number of aliphatic imine (C=N–C) groups is 1. The van der Waals surface area contributed by atoms with Gasteiger partial charge in [-0.3, -0.25) is 14.4 Å². The summed E-state index contributed by atoms with van der Waals surface area (Å²) in [4.78, 5) is 91.6. The lowest BCUT2D eigenvalue weighted by atomic mass is 10.1. The number of aliphatic carboxylic acids is 1. The largest absolute Gasteiger partial charge is 0.480 e. The molecule has 8 N–H and O–H groups in total. The summed E-state index contributed by atoms with van der Waals surface area (Å²) < 4.78 is 15.7. The lowest BCUT2D eigenvalue weighted by molar-refractivity contribution is -0.525. The Balaban J connectivity index is 1.69. The SMILES string of the molecule is NC(=NCCC[C@H](NC(=O)OCc1ccccc1)C(=O)N[C@@H](CCCCNC(=O)OCc1ccccc1)C(=O)N[C@@H](CC(=O)OCc1ccccc1)C(=O)O)N[N+](=O)[O-]. The van der Waals surface area contributed by atoms with Crippen LogP contribution < -0.4 is 32.4 Å². The maximum absolute atomic E-state index is 13.7. The molecule has 59 heavy (non-hydrogen) atoms. The zero-order valence-corrected chi connectivity index (χ0v) is 32.1. The monoisotopic (exact) mass is 820 g/mol. The second-order valence-corrected chi connectivity index (χ2v) is 12.8. The first-order valence-corrected chi connectivity index (χ1v) is 18.6. The molecule has 0 unspecified atom stereocenters. The molecule has 0 radical (unpaired) electrons. The maximum atomic E-state index is 13.7. The summed E-state index contributed by atoms with van der Waals surface area (Å²) in [5.41, 5.74) is 9.27. The molecule has 20 nitrogen and oxygen atoms in total. The minimum atomic E-state index is -1.73. The van der Waals surface area contributed by atoms with Gasteiger partial charge in [0.2, 0.25) is 11.8 Å². The highest BCUT2D eigenvalue weighted by Crippen LogP contribution is 2.09. The van der Waals surface area contributed by atoms with E-state index < -0.39 is 71.5 Å². The number of esters is 1. The molecule has 0 bridgehead atoms. The number of ether oxygens (including phenoxy) is 3. The summed E-state index contributed by atoms with van der Waals surface area (Å²) >= 11 is 0. The van der Waals surface area contributed by atoms with Gasteiger partial charge in [-0.1, -0.05) is 96.4 Å². The van der Waals surface area contributed by atoms with Crippen molar-refractivity contribution in [1.82, 2.24) is 26.7 Å². The van der Waals surface area contributed by atoms with E-state index in [0.717, 1.165) is 5.56 Å². The topological polar surface area (TPSA) is 292 Å². The molecule has 0 aliphatic rings. The van der Waals surface area contributed by atoms with Crippen LogP contribution in [0.25, 0.3) is 0 Å². The van der Waals surface area contributed by atoms with Crippen molar-refractivity contribution in [1.29, 1.82) is 0 Å². The average molecular weight is 821 g/mol. The number of nitrogens with zero attached hydrogens (tertiary/aromatic N) is 2. The number of guanidine groups is 1. The van der Waals surface area contributed by atoms with E-state index in [1.54, 1.807) is 90.4 Å². The number of benzene rings is 3. The Kier molecular flexibility index (Phi) is 20.2. The van der Waals surface area contributed by atoms with Crippen LogP contribution in [0.5, 0.6) is 0 Å². The van der Waals surface area contributed by atoms with Gasteiger partial charge in [0.25, 0.3) is 5.96 Å². The number of carboxylic acids is 1. The molecule has 0 saturated carbocycles. The molecule has 3 aromatic rings. The fourth-order valence-electron chi connectivity index (χ4n) is 5.21. The van der Waals surface area contributed by atoms with Crippen LogP contribution in [-0.4, -0.2) is 83.3 Å². The number of carbonyl (C=O) groups excluding carboxylic acids is 5. The van der Waals surface area contributed by atoms with Crippen LogP contribution >= 0.6 is 0 Å². The second kappa shape index (κ2) is 25.8. The smallest absolute Gasteiger partial charge is 0.408 e. The molecule has 3 aromatic carbocycles. The van der Waals surface area contributed by atoms with E-state index in [1.165, 1.54) is 0 Å². The molecule has 316 valence electrons. The number of carbonyl (C=O) groups is 6. The first-order valence-electron chi connectivity index (χ1n) is 18.6. The van der Waals surface area contributed by atoms with Crippen LogP contribution in [0.3, 0.4) is 0 Å². The number of alkyl carbamates (subject to hydrolysis) is 2. The van der Waals surface area contributed by atoms with Gasteiger partial charge in [-0.05, 0) is 48.8 Å². The van der Waals surface area contributed by atoms with Gasteiger partial charge >= 0.3 is 24.1 Å². The lowest BCUT2D eigenvalue weighted by Crippen LogP contribution is -2.56. The standard InChI is InChI=1S/C39H48N8O12/c40-37(46-47(55)56)41-22-12-20-31(45-39(54)59-26-29-17-8-3-9-18-29)35(50)43-30(19-10-11-21-42-38(53)58-25-28-15-6-2-7-16-28)34(49)44-32(36(51)52)23-33(48)57-24-27-13-4-1-5-14-27/h1-9,13-18,30-32H,10-12,19-26H2,(H,42,53)(H,43,50)(H,44,49)(H,45,54)(H,51,52)(H3,40,41,46)/t30-,31-,32-/m0/s1. The normalized spacial score (nSPS) is 12.4. The molecule has 0 spiro atoms. The van der Waals surface area contributed by atoms with Crippen LogP contribution in [0.2, 0.25) is 0 Å². The van der Waals surface area contributed by atoms with Gasteiger partial charge in [-0.2, -0.15) is 0 Å². The van der Waals surface area contributed by atoms with E-state index in [-0.39, 0.29) is 58.6 Å². The van der Waals surface area contributed by atoms with Crippen molar-refractivity contribution in [2.45, 2.75) is 76.5 Å². The Morgan fingerprint density at radius 2 is 1.14 bits per heavy atom. The van der Waals surface area contributed by atoms with E-state index in [9.17, 15) is 44.0 Å². The molecular formula is C39H48N8O12. The van der Waals surface area contributed by atoms with Gasteiger partial charge in [0.15, 0.2) is 5.03 Å². The van der Waals surface area contributed by atoms with Crippen molar-refractivity contribution < 1.29 is 53.1 Å². The van der Waals surface area contributed by atoms with E-state index >= 15 is 0 Å². The summed E-state index contributed by atoms with van der Waals surface area (Å²) in [7, 11) is 0. The molecule has 20 heteroatoms. The molecule has 0 saturated heterocycles. The fourth-order valence-corrected chi connectivity index (χ4v) is 5.21. The van der Waals surface area contributed by atoms with E-state index in [1.807, 2.05) is 6.07 Å². The van der Waals surface area contributed by atoms with Crippen LogP contribution in [0, 0.1) is 10.1 Å². The van der Waals surface area contributed by atoms with Gasteiger partial charge in [0.1, 0.15) is 37.9 Å². The van der Waals surface area contributed by atoms with Gasteiger partial charge in [0, 0.05) is 13.1 Å². The summed E-state index contributed by atoms with van der Waals surface area (Å²) in [6, 6.07) is 21.9. The average Bonchev–Trinajstić information content (AvgIpc) is 3.22. The first kappa shape index (κ1) is 46.1. The van der Waals surface area contributed by atoms with Crippen LogP contribution in [0.4, 0.5) is 9.59 Å². The molecule has 0 aliphatic heterocycles. The number of nitrogens with two attached hydrogens (primary N) is 1. The first-order chi connectivity index (χ1) is 28.4. The quantitative estimate of drug-likeness (QED) is 0.0130. The van der Waals surface area contributed by atoms with Crippen molar-refractivity contribution >= 4 is 41.9 Å². The predicted octanol–water partition coefficient (Wildman–Crippen LogP) is 2.44. The number of carboxylic acid groups (broad SMARTS) is 1. The minimum Gasteiger partial charge on any atom is -0.480 e. The van der Waals surface area contributed by atoms with Gasteiger partial charge in [-0.25, -0.2) is 29.5 Å². The molecule has 0 aliphatic carbocycles. The Hall–Kier alpha value is -7.25. The summed E-state index contributed by atoms with van der Waals surface area (Å²) in [5, 5.41) is 29.5. The van der Waals surface area contributed by atoms with Crippen molar-refractivity contribution in [2.24, 2.45) is 10.7 Å². The van der Waals surface area contributed by atoms with E-state index in [2.05, 4.69) is 26.3 Å². The molecule has 0 heterocycles. The highest BCUT2D eigenvalue weighted by molar-refractivity contribution is 5.93. The predicted molar refractivity (Wildman–Crippen MR) is 210 cm³/mol. The molecule has 3 rings (SSSR count). The third-order valence-electron chi connectivity index (χ3n) is 8.22. The lowest BCUT2D eigenvalue weighted by Gasteiger charge is -2.24. The third kappa shape index (κ3) is 19.4. The number of unbranched alkanes of at least 4 members (excludes halogenated alkanes) is 1. The van der Waals surface area contributed by atoms with Crippen molar-refractivity contribution in [3.05, 3.63) is 118 Å². The molecular weight excluding hydrogens is 772 g/mol. The molecule has 4 amide bonds.